The zero-order chi connectivity index (χ0) is 15.0. The number of hydrogen-bond donors (Lipinski definition) is 2. The molecule has 6 heteroatoms. The molecule has 21 heavy (non-hydrogen) atoms. The summed E-state index contributed by atoms with van der Waals surface area (Å²) in [7, 11) is 0. The maximum atomic E-state index is 13.4. The Balaban J connectivity index is 2.08. The van der Waals surface area contributed by atoms with Gasteiger partial charge >= 0.3 is 0 Å². The molecule has 5 nitrogen and oxygen atoms in total. The van der Waals surface area contributed by atoms with Crippen molar-refractivity contribution in [2.75, 3.05) is 0 Å². The minimum Gasteiger partial charge on any atom is -0.507 e. The summed E-state index contributed by atoms with van der Waals surface area (Å²) in [6, 6.07) is 8.66. The fourth-order valence-corrected chi connectivity index (χ4v) is 2.06. The number of aromatic hydroxyl groups is 2. The van der Waals surface area contributed by atoms with Crippen molar-refractivity contribution in [3.05, 3.63) is 47.8 Å². The third-order valence-electron chi connectivity index (χ3n) is 2.96. The van der Waals surface area contributed by atoms with Crippen molar-refractivity contribution in [2.45, 2.75) is 6.92 Å². The summed E-state index contributed by atoms with van der Waals surface area (Å²) >= 11 is 0. The zero-order valence-corrected chi connectivity index (χ0v) is 11.0. The minimum atomic E-state index is -0.401. The largest absolute Gasteiger partial charge is 0.507 e. The highest BCUT2D eigenvalue weighted by molar-refractivity contribution is 5.71. The lowest BCUT2D eigenvalue weighted by atomic mass is 10.1. The maximum Gasteiger partial charge on any atom is 0.265 e. The summed E-state index contributed by atoms with van der Waals surface area (Å²) in [5, 5.41) is 23.3. The molecule has 106 valence electrons. The van der Waals surface area contributed by atoms with Crippen LogP contribution in [-0.4, -0.2) is 20.4 Å². The van der Waals surface area contributed by atoms with Crippen molar-refractivity contribution in [2.24, 2.45) is 0 Å². The van der Waals surface area contributed by atoms with Crippen LogP contribution in [-0.2, 0) is 0 Å². The molecule has 0 fully saturated rings. The average Bonchev–Trinajstić information content (AvgIpc) is 2.87. The van der Waals surface area contributed by atoms with E-state index in [-0.39, 0.29) is 28.8 Å². The lowest BCUT2D eigenvalue weighted by Crippen LogP contribution is -1.86. The van der Waals surface area contributed by atoms with Gasteiger partial charge in [-0.25, -0.2) is 4.39 Å². The third kappa shape index (κ3) is 2.43. The van der Waals surface area contributed by atoms with E-state index in [0.717, 1.165) is 5.56 Å². The first-order valence-corrected chi connectivity index (χ1v) is 6.17. The monoisotopic (exact) mass is 286 g/mol. The Morgan fingerprint density at radius 3 is 2.48 bits per heavy atom. The van der Waals surface area contributed by atoms with Gasteiger partial charge in [-0.05, 0) is 42.8 Å². The summed E-state index contributed by atoms with van der Waals surface area (Å²) in [4.78, 5) is 4.09. The highest BCUT2D eigenvalue weighted by Crippen LogP contribution is 2.36. The van der Waals surface area contributed by atoms with Crippen LogP contribution in [0.4, 0.5) is 4.39 Å². The third-order valence-corrected chi connectivity index (χ3v) is 2.96. The van der Waals surface area contributed by atoms with Gasteiger partial charge in [-0.1, -0.05) is 11.2 Å². The number of hydrogen-bond acceptors (Lipinski definition) is 5. The molecule has 0 aliphatic carbocycles. The van der Waals surface area contributed by atoms with Gasteiger partial charge in [0.05, 0.1) is 0 Å². The molecule has 3 rings (SSSR count). The van der Waals surface area contributed by atoms with Crippen LogP contribution >= 0.6 is 0 Å². The molecule has 2 N–H and O–H groups in total. The molecule has 0 saturated heterocycles. The Bertz CT molecular complexity index is 774. The molecule has 0 aliphatic heterocycles. The normalized spacial score (nSPS) is 10.8. The second kappa shape index (κ2) is 4.90. The minimum absolute atomic E-state index is 0.0393. The predicted molar refractivity (Wildman–Crippen MR) is 73.2 cm³/mol. The van der Waals surface area contributed by atoms with Gasteiger partial charge < -0.3 is 14.7 Å². The maximum absolute atomic E-state index is 13.4. The van der Waals surface area contributed by atoms with E-state index in [4.69, 9.17) is 4.52 Å². The van der Waals surface area contributed by atoms with Crippen molar-refractivity contribution in [1.82, 2.24) is 10.1 Å². The highest BCUT2D eigenvalue weighted by Gasteiger charge is 2.18. The fraction of sp³-hybridized carbons (Fsp3) is 0.0667. The van der Waals surface area contributed by atoms with Gasteiger partial charge in [0.15, 0.2) is 0 Å². The first kappa shape index (κ1) is 13.1. The van der Waals surface area contributed by atoms with E-state index >= 15 is 0 Å². The Labute approximate surface area is 119 Å². The second-order valence-electron chi connectivity index (χ2n) is 4.61. The van der Waals surface area contributed by atoms with E-state index in [0.29, 0.717) is 5.56 Å². The van der Waals surface area contributed by atoms with E-state index in [1.807, 2.05) is 0 Å². The lowest BCUT2D eigenvalue weighted by Gasteiger charge is -2.01. The van der Waals surface area contributed by atoms with E-state index in [2.05, 4.69) is 10.1 Å². The van der Waals surface area contributed by atoms with Crippen molar-refractivity contribution in [1.29, 1.82) is 0 Å². The summed E-state index contributed by atoms with van der Waals surface area (Å²) in [5.41, 5.74) is 1.23. The number of nitrogens with zero attached hydrogens (tertiary/aromatic N) is 2. The van der Waals surface area contributed by atoms with Gasteiger partial charge in [-0.15, -0.1) is 0 Å². The topological polar surface area (TPSA) is 79.4 Å². The number of aryl methyl sites for hydroxylation is 1. The van der Waals surface area contributed by atoms with Crippen molar-refractivity contribution in [3.63, 3.8) is 0 Å². The number of phenols is 2. The number of rotatable bonds is 2. The molecule has 0 amide bonds. The van der Waals surface area contributed by atoms with Crippen LogP contribution in [0.5, 0.6) is 11.5 Å². The van der Waals surface area contributed by atoms with E-state index in [1.165, 1.54) is 30.3 Å². The van der Waals surface area contributed by atoms with Crippen molar-refractivity contribution in [3.8, 4) is 34.3 Å². The lowest BCUT2D eigenvalue weighted by molar-refractivity contribution is 0.416. The van der Waals surface area contributed by atoms with Gasteiger partial charge in [0.25, 0.3) is 5.89 Å². The Morgan fingerprint density at radius 2 is 1.81 bits per heavy atom. The van der Waals surface area contributed by atoms with Crippen LogP contribution in [0, 0.1) is 12.7 Å². The fourth-order valence-electron chi connectivity index (χ4n) is 2.06. The molecule has 1 heterocycles. The Kier molecular flexibility index (Phi) is 3.06. The molecule has 0 spiro atoms. The number of aromatic nitrogens is 2. The summed E-state index contributed by atoms with van der Waals surface area (Å²) in [5.74, 6) is -0.624. The zero-order valence-electron chi connectivity index (χ0n) is 11.0. The molecule has 0 bridgehead atoms. The van der Waals surface area contributed by atoms with E-state index in [1.54, 1.807) is 13.0 Å². The van der Waals surface area contributed by atoms with Crippen molar-refractivity contribution >= 4 is 0 Å². The molecular formula is C15H11FN2O3. The molecule has 0 unspecified atom stereocenters. The Hall–Kier alpha value is -2.89. The quantitative estimate of drug-likeness (QED) is 0.756. The first-order valence-electron chi connectivity index (χ1n) is 6.17. The molecule has 0 saturated carbocycles. The Morgan fingerprint density at radius 1 is 1.10 bits per heavy atom. The van der Waals surface area contributed by atoms with E-state index in [9.17, 15) is 14.6 Å². The summed E-state index contributed by atoms with van der Waals surface area (Å²) < 4.78 is 18.4. The van der Waals surface area contributed by atoms with Crippen LogP contribution in [0.2, 0.25) is 0 Å². The summed E-state index contributed by atoms with van der Waals surface area (Å²) in [6.07, 6.45) is 0. The van der Waals surface area contributed by atoms with Crippen LogP contribution in [0.1, 0.15) is 5.56 Å². The van der Waals surface area contributed by atoms with Gasteiger partial charge in [0, 0.05) is 5.56 Å². The SMILES string of the molecule is Cc1cc(F)cc(-c2noc(-c3c(O)cccc3O)n2)c1. The van der Waals surface area contributed by atoms with Gasteiger partial charge in [-0.3, -0.25) is 0 Å². The number of halogens is 1. The molecule has 3 aromatic rings. The molecule has 2 aromatic carbocycles. The van der Waals surface area contributed by atoms with Crippen LogP contribution in [0.3, 0.4) is 0 Å². The smallest absolute Gasteiger partial charge is 0.265 e. The van der Waals surface area contributed by atoms with Gasteiger partial charge in [0.2, 0.25) is 5.82 Å². The van der Waals surface area contributed by atoms with Crippen molar-refractivity contribution < 1.29 is 19.1 Å². The average molecular weight is 286 g/mol. The molecular weight excluding hydrogens is 275 g/mol. The number of benzene rings is 2. The standard InChI is InChI=1S/C15H11FN2O3/c1-8-5-9(7-10(16)6-8)14-17-15(21-18-14)13-11(19)3-2-4-12(13)20/h2-7,19-20H,1H3. The molecule has 0 aliphatic rings. The van der Waals surface area contributed by atoms with Crippen LogP contribution < -0.4 is 0 Å². The number of phenolic OH excluding ortho intramolecular Hbond substituents is 2. The van der Waals surface area contributed by atoms with Gasteiger partial charge in [-0.2, -0.15) is 4.98 Å². The molecule has 0 radical (unpaired) electrons. The second-order valence-corrected chi connectivity index (χ2v) is 4.61. The molecule has 0 atom stereocenters. The highest BCUT2D eigenvalue weighted by atomic mass is 19.1. The summed E-state index contributed by atoms with van der Waals surface area (Å²) in [6.45, 7) is 1.75. The predicted octanol–water partition coefficient (Wildman–Crippen LogP) is 3.26. The van der Waals surface area contributed by atoms with Crippen LogP contribution in [0.15, 0.2) is 40.9 Å². The first-order chi connectivity index (χ1) is 10.0. The van der Waals surface area contributed by atoms with E-state index < -0.39 is 5.82 Å². The molecule has 1 aromatic heterocycles. The van der Waals surface area contributed by atoms with Gasteiger partial charge in [0.1, 0.15) is 22.9 Å². The van der Waals surface area contributed by atoms with Crippen LogP contribution in [0.25, 0.3) is 22.8 Å².